The van der Waals surface area contributed by atoms with Crippen LogP contribution >= 0.6 is 11.6 Å². The van der Waals surface area contributed by atoms with Crippen molar-refractivity contribution in [3.63, 3.8) is 0 Å². The van der Waals surface area contributed by atoms with Crippen molar-refractivity contribution in [2.75, 3.05) is 6.61 Å². The fourth-order valence-electron chi connectivity index (χ4n) is 1.50. The van der Waals surface area contributed by atoms with Crippen molar-refractivity contribution in [1.82, 2.24) is 0 Å². The van der Waals surface area contributed by atoms with Gasteiger partial charge in [0, 0.05) is 0 Å². The molecule has 1 rings (SSSR count). The normalized spacial score (nSPS) is 10.2. The third kappa shape index (κ3) is 4.27. The minimum absolute atomic E-state index is 0.0812. The molecule has 0 aliphatic rings. The maximum Gasteiger partial charge on any atom is 0.337 e. The summed E-state index contributed by atoms with van der Waals surface area (Å²) in [6.45, 7) is 2.72. The summed E-state index contributed by atoms with van der Waals surface area (Å²) < 4.78 is 5.48. The van der Waals surface area contributed by atoms with Crippen LogP contribution in [0.3, 0.4) is 0 Å². The van der Waals surface area contributed by atoms with Crippen LogP contribution in [-0.2, 0) is 0 Å². The second kappa shape index (κ2) is 7.17. The Morgan fingerprint density at radius 2 is 2.12 bits per heavy atom. The lowest BCUT2D eigenvalue weighted by Gasteiger charge is -2.09. The summed E-state index contributed by atoms with van der Waals surface area (Å²) in [5, 5.41) is 9.07. The number of carboxylic acids is 1. The van der Waals surface area contributed by atoms with E-state index in [1.807, 2.05) is 0 Å². The lowest BCUT2D eigenvalue weighted by Crippen LogP contribution is -2.02. The van der Waals surface area contributed by atoms with Gasteiger partial charge in [-0.2, -0.15) is 0 Å². The zero-order valence-corrected chi connectivity index (χ0v) is 10.7. The van der Waals surface area contributed by atoms with Gasteiger partial charge in [0.25, 0.3) is 0 Å². The molecule has 4 heteroatoms. The number of carboxylic acid groups (broad SMARTS) is 1. The van der Waals surface area contributed by atoms with Crippen LogP contribution in [0.5, 0.6) is 5.75 Å². The fraction of sp³-hybridized carbons (Fsp3) is 0.462. The molecule has 0 aromatic heterocycles. The third-order valence-electron chi connectivity index (χ3n) is 2.45. The predicted molar refractivity (Wildman–Crippen MR) is 68.0 cm³/mol. The molecule has 0 radical (unpaired) electrons. The first-order valence-corrected chi connectivity index (χ1v) is 6.19. The molecule has 0 saturated carbocycles. The van der Waals surface area contributed by atoms with E-state index in [0.717, 1.165) is 12.8 Å². The van der Waals surface area contributed by atoms with Crippen LogP contribution in [0.2, 0.25) is 5.02 Å². The largest absolute Gasteiger partial charge is 0.492 e. The van der Waals surface area contributed by atoms with Crippen molar-refractivity contribution in [1.29, 1.82) is 0 Å². The predicted octanol–water partition coefficient (Wildman–Crippen LogP) is 4.00. The lowest BCUT2D eigenvalue weighted by molar-refractivity contribution is 0.0696. The van der Waals surface area contributed by atoms with Crippen LogP contribution in [0.15, 0.2) is 18.2 Å². The SMILES string of the molecule is CCCCCCOc1cccc(C(=O)O)c1Cl. The number of hydrogen-bond acceptors (Lipinski definition) is 2. The van der Waals surface area contributed by atoms with Crippen molar-refractivity contribution in [3.05, 3.63) is 28.8 Å². The molecule has 0 unspecified atom stereocenters. The molecular formula is C13H17ClO3. The van der Waals surface area contributed by atoms with Crippen LogP contribution in [0, 0.1) is 0 Å². The summed E-state index contributed by atoms with van der Waals surface area (Å²) in [7, 11) is 0. The van der Waals surface area contributed by atoms with Gasteiger partial charge in [0.05, 0.1) is 17.2 Å². The standard InChI is InChI=1S/C13H17ClO3/c1-2-3-4-5-9-17-11-8-6-7-10(12(11)14)13(15)16/h6-8H,2-5,9H2,1H3,(H,15,16). The summed E-state index contributed by atoms with van der Waals surface area (Å²) in [5.74, 6) is -0.588. The van der Waals surface area contributed by atoms with Crippen LogP contribution in [0.4, 0.5) is 0 Å². The van der Waals surface area contributed by atoms with Crippen LogP contribution in [-0.4, -0.2) is 17.7 Å². The number of carbonyl (C=O) groups is 1. The first-order chi connectivity index (χ1) is 8.16. The van der Waals surface area contributed by atoms with Crippen molar-refractivity contribution in [2.45, 2.75) is 32.6 Å². The fourth-order valence-corrected chi connectivity index (χ4v) is 1.76. The minimum Gasteiger partial charge on any atom is -0.492 e. The Balaban J connectivity index is 2.54. The molecule has 1 N–H and O–H groups in total. The summed E-state index contributed by atoms with van der Waals surface area (Å²) >= 11 is 5.94. The molecule has 94 valence electrons. The van der Waals surface area contributed by atoms with Crippen molar-refractivity contribution in [2.24, 2.45) is 0 Å². The highest BCUT2D eigenvalue weighted by Crippen LogP contribution is 2.28. The van der Waals surface area contributed by atoms with E-state index in [2.05, 4.69) is 6.92 Å². The van der Waals surface area contributed by atoms with E-state index in [9.17, 15) is 4.79 Å². The van der Waals surface area contributed by atoms with E-state index in [1.54, 1.807) is 12.1 Å². The molecule has 1 aromatic rings. The molecule has 17 heavy (non-hydrogen) atoms. The number of benzene rings is 1. The van der Waals surface area contributed by atoms with Crippen molar-refractivity contribution >= 4 is 17.6 Å². The van der Waals surface area contributed by atoms with Gasteiger partial charge < -0.3 is 9.84 Å². The summed E-state index contributed by atoms with van der Waals surface area (Å²) in [5.41, 5.74) is 0.0812. The molecular weight excluding hydrogens is 240 g/mol. The molecule has 0 spiro atoms. The highest BCUT2D eigenvalue weighted by Gasteiger charge is 2.12. The van der Waals surface area contributed by atoms with Crippen LogP contribution in [0.25, 0.3) is 0 Å². The Bertz CT molecular complexity index is 377. The molecule has 0 bridgehead atoms. The van der Waals surface area contributed by atoms with Gasteiger partial charge in [-0.3, -0.25) is 0 Å². The Labute approximate surface area is 106 Å². The summed E-state index contributed by atoms with van der Waals surface area (Å²) in [4.78, 5) is 10.8. The highest BCUT2D eigenvalue weighted by atomic mass is 35.5. The van der Waals surface area contributed by atoms with Gasteiger partial charge in [-0.1, -0.05) is 43.9 Å². The zero-order valence-electron chi connectivity index (χ0n) is 9.91. The van der Waals surface area contributed by atoms with Crippen molar-refractivity contribution < 1.29 is 14.6 Å². The first kappa shape index (κ1) is 13.8. The second-order valence-corrected chi connectivity index (χ2v) is 4.21. The quantitative estimate of drug-likeness (QED) is 0.750. The Hall–Kier alpha value is -1.22. The van der Waals surface area contributed by atoms with Crippen molar-refractivity contribution in [3.8, 4) is 5.75 Å². The summed E-state index contributed by atoms with van der Waals surface area (Å²) in [6.07, 6.45) is 4.44. The molecule has 0 amide bonds. The van der Waals surface area contributed by atoms with E-state index in [-0.39, 0.29) is 10.6 Å². The first-order valence-electron chi connectivity index (χ1n) is 5.81. The van der Waals surface area contributed by atoms with E-state index in [4.69, 9.17) is 21.4 Å². The zero-order chi connectivity index (χ0) is 12.7. The van der Waals surface area contributed by atoms with Gasteiger partial charge in [-0.05, 0) is 18.6 Å². The van der Waals surface area contributed by atoms with Gasteiger partial charge in [0.15, 0.2) is 0 Å². The molecule has 0 heterocycles. The topological polar surface area (TPSA) is 46.5 Å². The summed E-state index contributed by atoms with van der Waals surface area (Å²) in [6, 6.07) is 4.79. The lowest BCUT2D eigenvalue weighted by atomic mass is 10.2. The highest BCUT2D eigenvalue weighted by molar-refractivity contribution is 6.34. The molecule has 1 aromatic carbocycles. The van der Waals surface area contributed by atoms with E-state index in [1.165, 1.54) is 18.9 Å². The Kier molecular flexibility index (Phi) is 5.84. The number of ether oxygens (including phenoxy) is 1. The maximum absolute atomic E-state index is 10.8. The van der Waals surface area contributed by atoms with E-state index >= 15 is 0 Å². The number of halogens is 1. The molecule has 0 saturated heterocycles. The molecule has 0 atom stereocenters. The van der Waals surface area contributed by atoms with Gasteiger partial charge in [0.1, 0.15) is 5.75 Å². The second-order valence-electron chi connectivity index (χ2n) is 3.83. The molecule has 0 aliphatic heterocycles. The molecule has 0 aliphatic carbocycles. The Morgan fingerprint density at radius 1 is 1.35 bits per heavy atom. The number of aromatic carboxylic acids is 1. The number of rotatable bonds is 7. The molecule has 0 fully saturated rings. The minimum atomic E-state index is -1.04. The number of unbranched alkanes of at least 4 members (excludes halogenated alkanes) is 3. The van der Waals surface area contributed by atoms with Crippen LogP contribution in [0.1, 0.15) is 43.0 Å². The van der Waals surface area contributed by atoms with Gasteiger partial charge in [0.2, 0.25) is 0 Å². The average molecular weight is 257 g/mol. The smallest absolute Gasteiger partial charge is 0.337 e. The van der Waals surface area contributed by atoms with Gasteiger partial charge >= 0.3 is 5.97 Å². The monoisotopic (exact) mass is 256 g/mol. The van der Waals surface area contributed by atoms with E-state index < -0.39 is 5.97 Å². The van der Waals surface area contributed by atoms with Crippen LogP contribution < -0.4 is 4.74 Å². The maximum atomic E-state index is 10.8. The molecule has 3 nitrogen and oxygen atoms in total. The van der Waals surface area contributed by atoms with Gasteiger partial charge in [-0.15, -0.1) is 0 Å². The average Bonchev–Trinajstić information content (AvgIpc) is 2.30. The Morgan fingerprint density at radius 3 is 2.76 bits per heavy atom. The third-order valence-corrected chi connectivity index (χ3v) is 2.84. The number of hydrogen-bond donors (Lipinski definition) is 1. The van der Waals surface area contributed by atoms with Gasteiger partial charge in [-0.25, -0.2) is 4.79 Å². The van der Waals surface area contributed by atoms with E-state index in [0.29, 0.717) is 12.4 Å².